The van der Waals surface area contributed by atoms with Crippen LogP contribution in [0.4, 0.5) is 5.69 Å². The number of aromatic nitrogens is 4. The number of hydrogen-bond acceptors (Lipinski definition) is 8. The van der Waals surface area contributed by atoms with E-state index >= 15 is 0 Å². The van der Waals surface area contributed by atoms with Crippen LogP contribution in [-0.2, 0) is 16.0 Å². The van der Waals surface area contributed by atoms with Crippen LogP contribution in [0.1, 0.15) is 22.8 Å². The molecule has 11 nitrogen and oxygen atoms in total. The minimum absolute atomic E-state index is 0.0966. The number of anilines is 1. The van der Waals surface area contributed by atoms with Gasteiger partial charge in [0.2, 0.25) is 5.91 Å². The summed E-state index contributed by atoms with van der Waals surface area (Å²) in [5.74, 6) is -1.36. The van der Waals surface area contributed by atoms with Gasteiger partial charge in [0.1, 0.15) is 23.5 Å². The summed E-state index contributed by atoms with van der Waals surface area (Å²) in [7, 11) is 0. The highest BCUT2D eigenvalue weighted by molar-refractivity contribution is 6.15. The van der Waals surface area contributed by atoms with E-state index in [4.69, 9.17) is 5.73 Å². The first-order valence-corrected chi connectivity index (χ1v) is 10.8. The molecule has 0 spiro atoms. The largest absolute Gasteiger partial charge is 0.508 e. The van der Waals surface area contributed by atoms with Crippen molar-refractivity contribution in [1.82, 2.24) is 19.5 Å². The van der Waals surface area contributed by atoms with Crippen molar-refractivity contribution in [1.29, 1.82) is 0 Å². The fourth-order valence-electron chi connectivity index (χ4n) is 3.58. The standard InChI is InChI=1S/C25H22N6O5/c1-15(32)31(25(36)21(26)12-16-2-8-19(33)9-3-16)18-6-4-17(5-7-18)22-28-13-20(23(34)29-22)24(35)30-11-10-27-14-30/h2-11,13-14,21,33H,12,26H2,1H3,(H,28,29,34)/t21-/m0/s1. The summed E-state index contributed by atoms with van der Waals surface area (Å²) >= 11 is 0. The second-order valence-electron chi connectivity index (χ2n) is 7.97. The van der Waals surface area contributed by atoms with E-state index in [1.165, 1.54) is 60.7 Å². The number of nitrogens with two attached hydrogens (primary N) is 1. The lowest BCUT2D eigenvalue weighted by atomic mass is 10.0. The maximum Gasteiger partial charge on any atom is 0.270 e. The molecule has 0 bridgehead atoms. The number of nitrogens with zero attached hydrogens (tertiary/aromatic N) is 4. The molecular weight excluding hydrogens is 464 g/mol. The third-order valence-corrected chi connectivity index (χ3v) is 5.41. The number of amides is 2. The van der Waals surface area contributed by atoms with E-state index in [9.17, 15) is 24.3 Å². The van der Waals surface area contributed by atoms with Crippen LogP contribution in [0.2, 0.25) is 0 Å². The molecule has 0 aliphatic heterocycles. The normalized spacial score (nSPS) is 11.6. The molecule has 0 saturated heterocycles. The van der Waals surface area contributed by atoms with Crippen molar-refractivity contribution >= 4 is 23.4 Å². The van der Waals surface area contributed by atoms with Crippen molar-refractivity contribution in [3.8, 4) is 17.1 Å². The van der Waals surface area contributed by atoms with E-state index in [1.54, 1.807) is 24.3 Å². The van der Waals surface area contributed by atoms with Gasteiger partial charge in [-0.1, -0.05) is 12.1 Å². The van der Waals surface area contributed by atoms with Crippen molar-refractivity contribution in [3.63, 3.8) is 0 Å². The van der Waals surface area contributed by atoms with Gasteiger partial charge in [-0.05, 0) is 48.4 Å². The van der Waals surface area contributed by atoms with Crippen LogP contribution in [-0.4, -0.2) is 48.4 Å². The zero-order chi connectivity index (χ0) is 25.8. The number of rotatable bonds is 6. The highest BCUT2D eigenvalue weighted by Gasteiger charge is 2.26. The Morgan fingerprint density at radius 1 is 1.11 bits per heavy atom. The lowest BCUT2D eigenvalue weighted by Gasteiger charge is -2.23. The molecule has 0 radical (unpaired) electrons. The van der Waals surface area contributed by atoms with Crippen LogP contribution in [0.15, 0.2) is 78.2 Å². The number of aromatic amines is 1. The van der Waals surface area contributed by atoms with Gasteiger partial charge in [-0.3, -0.25) is 23.7 Å². The first kappa shape index (κ1) is 24.2. The van der Waals surface area contributed by atoms with Crippen LogP contribution in [0.3, 0.4) is 0 Å². The molecule has 1 atom stereocenters. The Morgan fingerprint density at radius 2 is 1.81 bits per heavy atom. The summed E-state index contributed by atoms with van der Waals surface area (Å²) in [4.78, 5) is 61.7. The molecule has 4 rings (SSSR count). The average molecular weight is 486 g/mol. The molecule has 4 aromatic rings. The number of imidazole rings is 1. The highest BCUT2D eigenvalue weighted by atomic mass is 16.3. The van der Waals surface area contributed by atoms with Crippen molar-refractivity contribution in [2.75, 3.05) is 4.90 Å². The van der Waals surface area contributed by atoms with E-state index in [-0.39, 0.29) is 23.6 Å². The third-order valence-electron chi connectivity index (χ3n) is 5.41. The lowest BCUT2D eigenvalue weighted by molar-refractivity contribution is -0.126. The number of phenolic OH excluding ortho intramolecular Hbond substituents is 1. The number of carbonyl (C=O) groups is 3. The minimum atomic E-state index is -0.989. The summed E-state index contributed by atoms with van der Waals surface area (Å²) in [5, 5.41) is 9.41. The molecule has 2 aromatic heterocycles. The van der Waals surface area contributed by atoms with E-state index in [1.807, 2.05) is 0 Å². The van der Waals surface area contributed by atoms with Crippen molar-refractivity contribution < 1.29 is 19.5 Å². The van der Waals surface area contributed by atoms with Crippen LogP contribution in [0, 0.1) is 0 Å². The predicted molar refractivity (Wildman–Crippen MR) is 130 cm³/mol. The molecule has 0 saturated carbocycles. The van der Waals surface area contributed by atoms with E-state index in [0.29, 0.717) is 11.3 Å². The molecule has 36 heavy (non-hydrogen) atoms. The van der Waals surface area contributed by atoms with Crippen LogP contribution in [0.5, 0.6) is 5.75 Å². The van der Waals surface area contributed by atoms with Gasteiger partial charge in [-0.25, -0.2) is 14.9 Å². The first-order valence-electron chi connectivity index (χ1n) is 10.8. The fourth-order valence-corrected chi connectivity index (χ4v) is 3.58. The second-order valence-corrected chi connectivity index (χ2v) is 7.97. The predicted octanol–water partition coefficient (Wildman–Crippen LogP) is 1.48. The summed E-state index contributed by atoms with van der Waals surface area (Å²) < 4.78 is 1.17. The van der Waals surface area contributed by atoms with Gasteiger partial charge < -0.3 is 15.8 Å². The number of nitrogens with one attached hydrogen (secondary N) is 1. The van der Waals surface area contributed by atoms with Crippen molar-refractivity contribution in [2.45, 2.75) is 19.4 Å². The fraction of sp³-hybridized carbons (Fsp3) is 0.120. The maximum atomic E-state index is 13.0. The van der Waals surface area contributed by atoms with Gasteiger partial charge in [0.15, 0.2) is 0 Å². The number of H-pyrrole nitrogens is 1. The molecule has 0 unspecified atom stereocenters. The van der Waals surface area contributed by atoms with Crippen molar-refractivity contribution in [2.24, 2.45) is 5.73 Å². The van der Waals surface area contributed by atoms with Crippen molar-refractivity contribution in [3.05, 3.63) is 94.9 Å². The molecule has 182 valence electrons. The minimum Gasteiger partial charge on any atom is -0.508 e. The maximum absolute atomic E-state index is 13.0. The molecule has 0 aliphatic rings. The number of aromatic hydroxyl groups is 1. The number of benzene rings is 2. The monoisotopic (exact) mass is 486 g/mol. The van der Waals surface area contributed by atoms with Crippen LogP contribution < -0.4 is 16.2 Å². The summed E-state index contributed by atoms with van der Waals surface area (Å²) in [5.41, 5.74) is 6.85. The Balaban J connectivity index is 1.53. The van der Waals surface area contributed by atoms with Gasteiger partial charge in [0, 0.05) is 31.1 Å². The van der Waals surface area contributed by atoms with E-state index in [0.717, 1.165) is 10.5 Å². The second kappa shape index (κ2) is 10.2. The van der Waals surface area contributed by atoms with Gasteiger partial charge in [-0.15, -0.1) is 0 Å². The number of carbonyl (C=O) groups excluding carboxylic acids is 3. The topological polar surface area (TPSA) is 164 Å². The Morgan fingerprint density at radius 3 is 2.39 bits per heavy atom. The highest BCUT2D eigenvalue weighted by Crippen LogP contribution is 2.22. The molecular formula is C25H22N6O5. The number of phenols is 1. The molecule has 4 N–H and O–H groups in total. The summed E-state index contributed by atoms with van der Waals surface area (Å²) in [6.45, 7) is 1.26. The Labute approximate surface area is 204 Å². The zero-order valence-electron chi connectivity index (χ0n) is 19.2. The average Bonchev–Trinajstić information content (AvgIpc) is 3.40. The van der Waals surface area contributed by atoms with Gasteiger partial charge in [0.25, 0.3) is 17.4 Å². The Hall–Kier alpha value is -4.90. The van der Waals surface area contributed by atoms with Gasteiger partial charge in [0.05, 0.1) is 11.7 Å². The first-order chi connectivity index (χ1) is 17.2. The van der Waals surface area contributed by atoms with Crippen LogP contribution in [0.25, 0.3) is 11.4 Å². The summed E-state index contributed by atoms with van der Waals surface area (Å²) in [6.07, 6.45) is 5.49. The molecule has 2 aromatic carbocycles. The third kappa shape index (κ3) is 5.10. The van der Waals surface area contributed by atoms with Crippen LogP contribution >= 0.6 is 0 Å². The lowest BCUT2D eigenvalue weighted by Crippen LogP contribution is -2.47. The number of hydrogen-bond donors (Lipinski definition) is 3. The number of imide groups is 1. The molecule has 2 amide bonds. The SMILES string of the molecule is CC(=O)N(C(=O)[C@@H](N)Cc1ccc(O)cc1)c1ccc(-c2ncc(C(=O)n3ccnc3)c(=O)[nH]2)cc1. The zero-order valence-corrected chi connectivity index (χ0v) is 19.2. The molecule has 11 heteroatoms. The Bertz CT molecular complexity index is 1460. The summed E-state index contributed by atoms with van der Waals surface area (Å²) in [6, 6.07) is 11.5. The smallest absolute Gasteiger partial charge is 0.270 e. The van der Waals surface area contributed by atoms with Gasteiger partial charge in [-0.2, -0.15) is 0 Å². The molecule has 2 heterocycles. The van der Waals surface area contributed by atoms with Gasteiger partial charge >= 0.3 is 0 Å². The van der Waals surface area contributed by atoms with E-state index < -0.39 is 29.3 Å². The molecule has 0 fully saturated rings. The molecule has 0 aliphatic carbocycles. The quantitative estimate of drug-likeness (QED) is 0.369. The van der Waals surface area contributed by atoms with E-state index in [2.05, 4.69) is 15.0 Å². The Kier molecular flexibility index (Phi) is 6.84.